The van der Waals surface area contributed by atoms with Gasteiger partial charge in [0.05, 0.1) is 24.2 Å². The van der Waals surface area contributed by atoms with Crippen molar-refractivity contribution >= 4 is 17.5 Å². The summed E-state index contributed by atoms with van der Waals surface area (Å²) in [6.07, 6.45) is -3.69. The van der Waals surface area contributed by atoms with Crippen LogP contribution in [0.2, 0.25) is 0 Å². The van der Waals surface area contributed by atoms with Gasteiger partial charge < -0.3 is 4.90 Å². The standard InChI is InChI=1S/C20H17F3N2O2/c21-20(22,23)15-6-3-7-16(10-15)25-18(26)11-17(19(25)27)24-9-8-13-4-1-2-5-14(13)12-24/h1-7,10,17H,8-9,11-12H2/p+1/t17-/m0/s1. The Labute approximate surface area is 154 Å². The zero-order valence-corrected chi connectivity index (χ0v) is 14.4. The molecule has 2 atom stereocenters. The molecule has 0 bridgehead atoms. The molecule has 2 aliphatic heterocycles. The highest BCUT2D eigenvalue weighted by Crippen LogP contribution is 2.33. The van der Waals surface area contributed by atoms with Gasteiger partial charge in [-0.25, -0.2) is 4.90 Å². The van der Waals surface area contributed by atoms with E-state index >= 15 is 0 Å². The van der Waals surface area contributed by atoms with E-state index in [1.165, 1.54) is 17.7 Å². The van der Waals surface area contributed by atoms with Gasteiger partial charge in [-0.05, 0) is 23.8 Å². The quantitative estimate of drug-likeness (QED) is 0.816. The molecule has 7 heteroatoms. The number of carbonyl (C=O) groups is 2. The van der Waals surface area contributed by atoms with Crippen molar-refractivity contribution in [1.29, 1.82) is 0 Å². The first-order chi connectivity index (χ1) is 12.8. The van der Waals surface area contributed by atoms with E-state index in [4.69, 9.17) is 0 Å². The van der Waals surface area contributed by atoms with Gasteiger partial charge in [-0.1, -0.05) is 30.3 Å². The fourth-order valence-corrected chi connectivity index (χ4v) is 3.94. The van der Waals surface area contributed by atoms with E-state index in [0.29, 0.717) is 6.54 Å². The van der Waals surface area contributed by atoms with Crippen molar-refractivity contribution in [2.24, 2.45) is 0 Å². The molecule has 2 amide bonds. The van der Waals surface area contributed by atoms with E-state index in [1.807, 2.05) is 18.2 Å². The van der Waals surface area contributed by atoms with Crippen molar-refractivity contribution in [2.75, 3.05) is 11.4 Å². The molecule has 0 spiro atoms. The lowest BCUT2D eigenvalue weighted by molar-refractivity contribution is -0.930. The summed E-state index contributed by atoms with van der Waals surface area (Å²) in [5.74, 6) is -0.871. The van der Waals surface area contributed by atoms with Gasteiger partial charge in [-0.15, -0.1) is 0 Å². The number of rotatable bonds is 2. The maximum Gasteiger partial charge on any atom is 0.416 e. The van der Waals surface area contributed by atoms with Gasteiger partial charge in [-0.2, -0.15) is 13.2 Å². The maximum absolute atomic E-state index is 13.0. The molecule has 1 N–H and O–H groups in total. The van der Waals surface area contributed by atoms with Gasteiger partial charge >= 0.3 is 6.18 Å². The molecule has 1 fully saturated rings. The molecule has 0 aliphatic carbocycles. The fourth-order valence-electron chi connectivity index (χ4n) is 3.94. The first kappa shape index (κ1) is 17.7. The lowest BCUT2D eigenvalue weighted by Crippen LogP contribution is -3.16. The molecule has 4 rings (SSSR count). The molecule has 2 heterocycles. The number of nitrogens with zero attached hydrogens (tertiary/aromatic N) is 1. The van der Waals surface area contributed by atoms with Crippen LogP contribution >= 0.6 is 0 Å². The van der Waals surface area contributed by atoms with E-state index in [2.05, 4.69) is 6.07 Å². The average Bonchev–Trinajstić information content (AvgIpc) is 2.95. The molecule has 27 heavy (non-hydrogen) atoms. The summed E-state index contributed by atoms with van der Waals surface area (Å²) in [6, 6.07) is 11.8. The fraction of sp³-hybridized carbons (Fsp3) is 0.300. The lowest BCUT2D eigenvalue weighted by atomic mass is 9.98. The van der Waals surface area contributed by atoms with Crippen LogP contribution in [0.3, 0.4) is 0 Å². The Morgan fingerprint density at radius 1 is 1.00 bits per heavy atom. The molecular formula is C20H18F3N2O2+. The molecule has 0 saturated carbocycles. The highest BCUT2D eigenvalue weighted by Gasteiger charge is 2.46. The molecule has 2 aliphatic rings. The normalized spacial score (nSPS) is 22.9. The predicted molar refractivity (Wildman–Crippen MR) is 92.0 cm³/mol. The minimum atomic E-state index is -4.52. The molecule has 1 saturated heterocycles. The Hall–Kier alpha value is -2.67. The summed E-state index contributed by atoms with van der Waals surface area (Å²) in [4.78, 5) is 27.2. The molecule has 2 aromatic rings. The lowest BCUT2D eigenvalue weighted by Gasteiger charge is -2.29. The third-order valence-corrected chi connectivity index (χ3v) is 5.32. The summed E-state index contributed by atoms with van der Waals surface area (Å²) in [5.41, 5.74) is 1.51. The minimum absolute atomic E-state index is 0.0147. The van der Waals surface area contributed by atoms with Gasteiger partial charge in [0.15, 0.2) is 6.04 Å². The summed E-state index contributed by atoms with van der Waals surface area (Å²) in [5, 5.41) is 0. The number of imide groups is 1. The second kappa shape index (κ2) is 6.49. The predicted octanol–water partition coefficient (Wildman–Crippen LogP) is 1.98. The van der Waals surface area contributed by atoms with Crippen LogP contribution in [-0.4, -0.2) is 24.4 Å². The summed E-state index contributed by atoms with van der Waals surface area (Å²) in [7, 11) is 0. The van der Waals surface area contributed by atoms with Crippen LogP contribution in [0, 0.1) is 0 Å². The number of alkyl halides is 3. The summed E-state index contributed by atoms with van der Waals surface area (Å²) in [6.45, 7) is 1.35. The van der Waals surface area contributed by atoms with E-state index in [0.717, 1.165) is 40.5 Å². The largest absolute Gasteiger partial charge is 0.416 e. The summed E-state index contributed by atoms with van der Waals surface area (Å²) < 4.78 is 38.9. The van der Waals surface area contributed by atoms with Crippen LogP contribution < -0.4 is 9.80 Å². The molecule has 1 unspecified atom stereocenters. The van der Waals surface area contributed by atoms with Gasteiger partial charge in [0.25, 0.3) is 5.91 Å². The molecular weight excluding hydrogens is 357 g/mol. The van der Waals surface area contributed by atoms with Crippen molar-refractivity contribution in [3.63, 3.8) is 0 Å². The number of hydrogen-bond acceptors (Lipinski definition) is 2. The zero-order chi connectivity index (χ0) is 19.2. The van der Waals surface area contributed by atoms with Crippen molar-refractivity contribution in [2.45, 2.75) is 31.6 Å². The zero-order valence-electron chi connectivity index (χ0n) is 14.4. The van der Waals surface area contributed by atoms with Crippen LogP contribution in [-0.2, 0) is 28.7 Å². The minimum Gasteiger partial charge on any atom is -0.320 e. The second-order valence-corrected chi connectivity index (χ2v) is 6.98. The van der Waals surface area contributed by atoms with Crippen molar-refractivity contribution in [1.82, 2.24) is 0 Å². The topological polar surface area (TPSA) is 41.8 Å². The van der Waals surface area contributed by atoms with Crippen molar-refractivity contribution in [3.05, 3.63) is 65.2 Å². The van der Waals surface area contributed by atoms with E-state index in [-0.39, 0.29) is 12.1 Å². The number of fused-ring (bicyclic) bond motifs is 1. The van der Waals surface area contributed by atoms with Gasteiger partial charge in [0.2, 0.25) is 5.91 Å². The molecule has 4 nitrogen and oxygen atoms in total. The number of hydrogen-bond donors (Lipinski definition) is 1. The van der Waals surface area contributed by atoms with Gasteiger partial charge in [0, 0.05) is 12.0 Å². The number of anilines is 1. The first-order valence-electron chi connectivity index (χ1n) is 8.80. The maximum atomic E-state index is 13.0. The Morgan fingerprint density at radius 3 is 2.48 bits per heavy atom. The van der Waals surface area contributed by atoms with Gasteiger partial charge in [0.1, 0.15) is 6.54 Å². The SMILES string of the molecule is O=C1C[C@H]([NH+]2CCc3ccccc3C2)C(=O)N1c1cccc(C(F)(F)F)c1. The molecule has 140 valence electrons. The number of nitrogens with one attached hydrogen (secondary N) is 1. The van der Waals surface area contributed by atoms with Crippen LogP contribution in [0.5, 0.6) is 0 Å². The number of halogens is 3. The highest BCUT2D eigenvalue weighted by molar-refractivity contribution is 6.21. The Morgan fingerprint density at radius 2 is 1.74 bits per heavy atom. The third-order valence-electron chi connectivity index (χ3n) is 5.32. The Kier molecular flexibility index (Phi) is 4.26. The van der Waals surface area contributed by atoms with Gasteiger partial charge in [-0.3, -0.25) is 9.59 Å². The van der Waals surface area contributed by atoms with Crippen LogP contribution in [0.25, 0.3) is 0 Å². The van der Waals surface area contributed by atoms with Crippen LogP contribution in [0.1, 0.15) is 23.1 Å². The van der Waals surface area contributed by atoms with E-state index in [9.17, 15) is 22.8 Å². The Balaban J connectivity index is 1.58. The molecule has 0 radical (unpaired) electrons. The second-order valence-electron chi connectivity index (χ2n) is 6.98. The average molecular weight is 375 g/mol. The van der Waals surface area contributed by atoms with Crippen molar-refractivity contribution < 1.29 is 27.7 Å². The Bertz CT molecular complexity index is 910. The third kappa shape index (κ3) is 3.23. The van der Waals surface area contributed by atoms with Crippen LogP contribution in [0.4, 0.5) is 18.9 Å². The molecule has 0 aromatic heterocycles. The van der Waals surface area contributed by atoms with E-state index in [1.54, 1.807) is 0 Å². The van der Waals surface area contributed by atoms with Crippen molar-refractivity contribution in [3.8, 4) is 0 Å². The van der Waals surface area contributed by atoms with Crippen LogP contribution in [0.15, 0.2) is 48.5 Å². The summed E-state index contributed by atoms with van der Waals surface area (Å²) >= 11 is 0. The molecule has 2 aromatic carbocycles. The number of benzene rings is 2. The number of amides is 2. The smallest absolute Gasteiger partial charge is 0.320 e. The number of carbonyl (C=O) groups excluding carboxylic acids is 2. The monoisotopic (exact) mass is 375 g/mol. The van der Waals surface area contributed by atoms with E-state index < -0.39 is 29.6 Å². The highest BCUT2D eigenvalue weighted by atomic mass is 19.4. The first-order valence-corrected chi connectivity index (χ1v) is 8.80. The number of quaternary nitrogens is 1.